The first kappa shape index (κ1) is 13.6. The zero-order valence-electron chi connectivity index (χ0n) is 11.8. The molecule has 2 rings (SSSR count). The van der Waals surface area contributed by atoms with Crippen molar-refractivity contribution in [2.24, 2.45) is 0 Å². The summed E-state index contributed by atoms with van der Waals surface area (Å²) in [7, 11) is 0. The number of aryl methyl sites for hydroxylation is 2. The average molecular weight is 256 g/mol. The van der Waals surface area contributed by atoms with Crippen LogP contribution in [0.25, 0.3) is 11.4 Å². The number of likely N-dealkylation sites (N-methyl/N-ethyl adjacent to an activating group) is 1. The highest BCUT2D eigenvalue weighted by Crippen LogP contribution is 2.18. The predicted octanol–water partition coefficient (Wildman–Crippen LogP) is 2.31. The van der Waals surface area contributed by atoms with Crippen molar-refractivity contribution in [3.05, 3.63) is 41.5 Å². The van der Waals surface area contributed by atoms with E-state index < -0.39 is 0 Å². The minimum absolute atomic E-state index is 0.760. The van der Waals surface area contributed by atoms with E-state index in [0.29, 0.717) is 0 Å². The van der Waals surface area contributed by atoms with Crippen LogP contribution in [-0.2, 0) is 6.42 Å². The molecule has 0 amide bonds. The molecule has 100 valence electrons. The standard InChI is InChI=1S/C15H20N4/c1-4-16-9-7-14-11(2)18-15(19-12(14)3)13-6-5-8-17-10-13/h5-6,8,10,16H,4,7,9H2,1-3H3. The number of nitrogens with one attached hydrogen (secondary N) is 1. The van der Waals surface area contributed by atoms with Crippen LogP contribution in [0, 0.1) is 13.8 Å². The van der Waals surface area contributed by atoms with Gasteiger partial charge in [-0.05, 0) is 51.1 Å². The third-order valence-electron chi connectivity index (χ3n) is 3.14. The number of nitrogens with zero attached hydrogens (tertiary/aromatic N) is 3. The van der Waals surface area contributed by atoms with Gasteiger partial charge in [0.2, 0.25) is 0 Å². The third kappa shape index (κ3) is 3.35. The molecule has 0 saturated carbocycles. The van der Waals surface area contributed by atoms with Gasteiger partial charge in [0.15, 0.2) is 5.82 Å². The van der Waals surface area contributed by atoms with Crippen molar-refractivity contribution in [1.82, 2.24) is 20.3 Å². The fourth-order valence-corrected chi connectivity index (χ4v) is 2.12. The predicted molar refractivity (Wildman–Crippen MR) is 77.0 cm³/mol. The molecular formula is C15H20N4. The second-order valence-corrected chi connectivity index (χ2v) is 4.54. The van der Waals surface area contributed by atoms with Crippen LogP contribution >= 0.6 is 0 Å². The molecule has 2 heterocycles. The molecule has 1 N–H and O–H groups in total. The SMILES string of the molecule is CCNCCc1c(C)nc(-c2cccnc2)nc1C. The molecule has 19 heavy (non-hydrogen) atoms. The first-order valence-corrected chi connectivity index (χ1v) is 6.67. The van der Waals surface area contributed by atoms with E-state index in [4.69, 9.17) is 0 Å². The second-order valence-electron chi connectivity index (χ2n) is 4.54. The van der Waals surface area contributed by atoms with E-state index in [9.17, 15) is 0 Å². The molecule has 0 bridgehead atoms. The molecule has 4 heteroatoms. The van der Waals surface area contributed by atoms with Gasteiger partial charge >= 0.3 is 0 Å². The van der Waals surface area contributed by atoms with Gasteiger partial charge in [-0.3, -0.25) is 4.98 Å². The fraction of sp³-hybridized carbons (Fsp3) is 0.400. The van der Waals surface area contributed by atoms with Gasteiger partial charge in [-0.25, -0.2) is 9.97 Å². The van der Waals surface area contributed by atoms with Gasteiger partial charge in [-0.1, -0.05) is 6.92 Å². The molecule has 4 nitrogen and oxygen atoms in total. The van der Waals surface area contributed by atoms with Gasteiger partial charge in [-0.2, -0.15) is 0 Å². The molecule has 0 aliphatic carbocycles. The van der Waals surface area contributed by atoms with Crippen LogP contribution in [0.1, 0.15) is 23.9 Å². The minimum atomic E-state index is 0.760. The van der Waals surface area contributed by atoms with Crippen LogP contribution in [0.4, 0.5) is 0 Å². The van der Waals surface area contributed by atoms with Crippen molar-refractivity contribution in [3.63, 3.8) is 0 Å². The molecule has 0 aliphatic rings. The zero-order chi connectivity index (χ0) is 13.7. The van der Waals surface area contributed by atoms with Crippen molar-refractivity contribution in [1.29, 1.82) is 0 Å². The first-order valence-electron chi connectivity index (χ1n) is 6.67. The molecular weight excluding hydrogens is 236 g/mol. The Kier molecular flexibility index (Phi) is 4.58. The Balaban J connectivity index is 2.26. The summed E-state index contributed by atoms with van der Waals surface area (Å²) >= 11 is 0. The Morgan fingerprint density at radius 3 is 2.47 bits per heavy atom. The molecule has 0 atom stereocenters. The van der Waals surface area contributed by atoms with Gasteiger partial charge in [0.1, 0.15) is 0 Å². The van der Waals surface area contributed by atoms with Crippen LogP contribution in [0.5, 0.6) is 0 Å². The Labute approximate surface area is 114 Å². The van der Waals surface area contributed by atoms with Crippen molar-refractivity contribution >= 4 is 0 Å². The van der Waals surface area contributed by atoms with Crippen molar-refractivity contribution < 1.29 is 0 Å². The van der Waals surface area contributed by atoms with Crippen LogP contribution < -0.4 is 5.32 Å². The zero-order valence-corrected chi connectivity index (χ0v) is 11.8. The van der Waals surface area contributed by atoms with Crippen LogP contribution in [0.3, 0.4) is 0 Å². The monoisotopic (exact) mass is 256 g/mol. The van der Waals surface area contributed by atoms with Crippen molar-refractivity contribution in [2.45, 2.75) is 27.2 Å². The maximum atomic E-state index is 4.60. The molecule has 2 aromatic rings. The third-order valence-corrected chi connectivity index (χ3v) is 3.14. The van der Waals surface area contributed by atoms with Crippen molar-refractivity contribution in [3.8, 4) is 11.4 Å². The van der Waals surface area contributed by atoms with E-state index in [0.717, 1.165) is 42.3 Å². The topological polar surface area (TPSA) is 50.7 Å². The minimum Gasteiger partial charge on any atom is -0.317 e. The molecule has 0 spiro atoms. The van der Waals surface area contributed by atoms with E-state index in [-0.39, 0.29) is 0 Å². The van der Waals surface area contributed by atoms with Crippen molar-refractivity contribution in [2.75, 3.05) is 13.1 Å². The van der Waals surface area contributed by atoms with Gasteiger partial charge < -0.3 is 5.32 Å². The maximum absolute atomic E-state index is 4.60. The summed E-state index contributed by atoms with van der Waals surface area (Å²) in [5.74, 6) is 0.760. The summed E-state index contributed by atoms with van der Waals surface area (Å²) in [5.41, 5.74) is 4.33. The molecule has 0 unspecified atom stereocenters. The second kappa shape index (κ2) is 6.38. The summed E-state index contributed by atoms with van der Waals surface area (Å²) in [5, 5.41) is 3.33. The largest absolute Gasteiger partial charge is 0.317 e. The van der Waals surface area contributed by atoms with Gasteiger partial charge in [-0.15, -0.1) is 0 Å². The molecule has 0 aliphatic heterocycles. The van der Waals surface area contributed by atoms with E-state index in [1.54, 1.807) is 12.4 Å². The Morgan fingerprint density at radius 1 is 1.16 bits per heavy atom. The van der Waals surface area contributed by atoms with E-state index in [2.05, 4.69) is 41.0 Å². The summed E-state index contributed by atoms with van der Waals surface area (Å²) in [6.07, 6.45) is 4.53. The van der Waals surface area contributed by atoms with Crippen LogP contribution in [0.2, 0.25) is 0 Å². The number of pyridine rings is 1. The molecule has 0 radical (unpaired) electrons. The lowest BCUT2D eigenvalue weighted by Gasteiger charge is -2.11. The Hall–Kier alpha value is -1.81. The highest BCUT2D eigenvalue weighted by Gasteiger charge is 2.09. The maximum Gasteiger partial charge on any atom is 0.161 e. The Morgan fingerprint density at radius 2 is 1.89 bits per heavy atom. The molecule has 0 saturated heterocycles. The number of hydrogen-bond donors (Lipinski definition) is 1. The summed E-state index contributed by atoms with van der Waals surface area (Å²) < 4.78 is 0. The van der Waals surface area contributed by atoms with Crippen LogP contribution in [0.15, 0.2) is 24.5 Å². The number of hydrogen-bond acceptors (Lipinski definition) is 4. The molecule has 0 aromatic carbocycles. The lowest BCUT2D eigenvalue weighted by molar-refractivity contribution is 0.708. The summed E-state index contributed by atoms with van der Waals surface area (Å²) in [4.78, 5) is 13.3. The lowest BCUT2D eigenvalue weighted by atomic mass is 10.1. The highest BCUT2D eigenvalue weighted by molar-refractivity contribution is 5.54. The molecule has 2 aromatic heterocycles. The summed E-state index contributed by atoms with van der Waals surface area (Å²) in [6, 6.07) is 3.89. The number of aromatic nitrogens is 3. The van der Waals surface area contributed by atoms with Gasteiger partial charge in [0.25, 0.3) is 0 Å². The number of rotatable bonds is 5. The normalized spacial score (nSPS) is 10.7. The molecule has 0 fully saturated rings. The summed E-state index contributed by atoms with van der Waals surface area (Å²) in [6.45, 7) is 8.17. The fourth-order valence-electron chi connectivity index (χ4n) is 2.12. The Bertz CT molecular complexity index is 514. The lowest BCUT2D eigenvalue weighted by Crippen LogP contribution is -2.17. The van der Waals surface area contributed by atoms with Crippen LogP contribution in [-0.4, -0.2) is 28.0 Å². The van der Waals surface area contributed by atoms with E-state index in [1.165, 1.54) is 5.56 Å². The van der Waals surface area contributed by atoms with Gasteiger partial charge in [0.05, 0.1) is 0 Å². The van der Waals surface area contributed by atoms with E-state index in [1.807, 2.05) is 12.1 Å². The van der Waals surface area contributed by atoms with Gasteiger partial charge in [0, 0.05) is 29.3 Å². The average Bonchev–Trinajstić information content (AvgIpc) is 2.43. The van der Waals surface area contributed by atoms with E-state index >= 15 is 0 Å². The highest BCUT2D eigenvalue weighted by atomic mass is 14.9. The quantitative estimate of drug-likeness (QED) is 0.834. The smallest absolute Gasteiger partial charge is 0.161 e. The first-order chi connectivity index (χ1) is 9.22.